The Labute approximate surface area is 159 Å². The van der Waals surface area contributed by atoms with Crippen LogP contribution in [0.15, 0.2) is 41.3 Å². The summed E-state index contributed by atoms with van der Waals surface area (Å²) in [6.07, 6.45) is 1.38. The number of nitrogens with one attached hydrogen (secondary N) is 1. The van der Waals surface area contributed by atoms with Crippen molar-refractivity contribution >= 4 is 31.4 Å². The highest BCUT2D eigenvalue weighted by atomic mass is 32.2. The lowest BCUT2D eigenvalue weighted by Crippen LogP contribution is -2.38. The van der Waals surface area contributed by atoms with Crippen molar-refractivity contribution in [3.63, 3.8) is 0 Å². The van der Waals surface area contributed by atoms with E-state index in [2.05, 4.69) is 4.72 Å². The molecule has 0 aliphatic carbocycles. The van der Waals surface area contributed by atoms with Gasteiger partial charge in [-0.15, -0.1) is 0 Å². The summed E-state index contributed by atoms with van der Waals surface area (Å²) in [5, 5.41) is 0. The Bertz CT molecular complexity index is 1060. The maximum Gasteiger partial charge on any atom is 0.262 e. The van der Waals surface area contributed by atoms with Gasteiger partial charge in [-0.1, -0.05) is 12.1 Å². The molecule has 1 aliphatic rings. The van der Waals surface area contributed by atoms with E-state index in [-0.39, 0.29) is 16.3 Å². The quantitative estimate of drug-likeness (QED) is 0.836. The van der Waals surface area contributed by atoms with Gasteiger partial charge in [-0.3, -0.25) is 9.03 Å². The first-order valence-corrected chi connectivity index (χ1v) is 11.6. The van der Waals surface area contributed by atoms with E-state index in [1.54, 1.807) is 26.0 Å². The molecule has 2 aromatic carbocycles. The van der Waals surface area contributed by atoms with E-state index in [0.717, 1.165) is 6.42 Å². The minimum absolute atomic E-state index is 0.0175. The first kappa shape index (κ1) is 19.6. The van der Waals surface area contributed by atoms with Crippen molar-refractivity contribution in [1.29, 1.82) is 0 Å². The number of aryl methyl sites for hydroxylation is 2. The first-order chi connectivity index (χ1) is 12.6. The van der Waals surface area contributed by atoms with Crippen LogP contribution in [0.4, 0.5) is 15.8 Å². The fourth-order valence-electron chi connectivity index (χ4n) is 3.31. The number of hydrogen-bond acceptors (Lipinski definition) is 4. The van der Waals surface area contributed by atoms with E-state index < -0.39 is 25.9 Å². The lowest BCUT2D eigenvalue weighted by molar-refractivity contribution is 0.574. The monoisotopic (exact) mass is 412 g/mol. The second-order valence-electron chi connectivity index (χ2n) is 6.59. The van der Waals surface area contributed by atoms with Crippen LogP contribution in [0.5, 0.6) is 0 Å². The zero-order valence-electron chi connectivity index (χ0n) is 15.1. The van der Waals surface area contributed by atoms with Gasteiger partial charge in [0.25, 0.3) is 10.0 Å². The third-order valence-electron chi connectivity index (χ3n) is 4.47. The lowest BCUT2D eigenvalue weighted by atomic mass is 10.1. The molecule has 1 fully saturated rings. The van der Waals surface area contributed by atoms with Crippen molar-refractivity contribution in [3.05, 3.63) is 53.3 Å². The van der Waals surface area contributed by atoms with Crippen LogP contribution in [0.1, 0.15) is 24.0 Å². The lowest BCUT2D eigenvalue weighted by Gasteiger charge is -2.29. The molecule has 1 saturated heterocycles. The number of sulfonamides is 2. The molecule has 1 aliphatic heterocycles. The average molecular weight is 413 g/mol. The second kappa shape index (κ2) is 7.12. The summed E-state index contributed by atoms with van der Waals surface area (Å²) in [5.41, 5.74) is 1.11. The van der Waals surface area contributed by atoms with E-state index >= 15 is 0 Å². The molecule has 146 valence electrons. The summed E-state index contributed by atoms with van der Waals surface area (Å²) in [5.74, 6) is -0.590. The highest BCUT2D eigenvalue weighted by molar-refractivity contribution is 7.93. The van der Waals surface area contributed by atoms with E-state index in [0.29, 0.717) is 29.8 Å². The largest absolute Gasteiger partial charge is 0.277 e. The van der Waals surface area contributed by atoms with E-state index in [9.17, 15) is 21.2 Å². The summed E-state index contributed by atoms with van der Waals surface area (Å²) in [6, 6.07) is 8.61. The molecule has 6 nitrogen and oxygen atoms in total. The van der Waals surface area contributed by atoms with Gasteiger partial charge < -0.3 is 0 Å². The van der Waals surface area contributed by atoms with Crippen LogP contribution >= 0.6 is 0 Å². The molecule has 0 aromatic heterocycles. The Kier molecular flexibility index (Phi) is 5.18. The van der Waals surface area contributed by atoms with Gasteiger partial charge in [0.05, 0.1) is 22.0 Å². The van der Waals surface area contributed by atoms with Crippen LogP contribution < -0.4 is 9.03 Å². The topological polar surface area (TPSA) is 83.6 Å². The highest BCUT2D eigenvalue weighted by Gasteiger charge is 2.28. The third-order valence-corrected chi connectivity index (χ3v) is 8.01. The number of halogens is 1. The van der Waals surface area contributed by atoms with E-state index in [1.165, 1.54) is 28.6 Å². The van der Waals surface area contributed by atoms with Gasteiger partial charge >= 0.3 is 0 Å². The Morgan fingerprint density at radius 3 is 2.30 bits per heavy atom. The maximum atomic E-state index is 13.8. The van der Waals surface area contributed by atoms with Crippen LogP contribution in [-0.4, -0.2) is 29.1 Å². The summed E-state index contributed by atoms with van der Waals surface area (Å²) in [7, 11) is -7.43. The molecule has 27 heavy (non-hydrogen) atoms. The molecule has 9 heteroatoms. The molecule has 3 rings (SSSR count). The Morgan fingerprint density at radius 2 is 1.70 bits per heavy atom. The molecule has 0 unspecified atom stereocenters. The van der Waals surface area contributed by atoms with Gasteiger partial charge in [-0.05, 0) is 62.1 Å². The number of anilines is 2. The van der Waals surface area contributed by atoms with Crippen LogP contribution in [0, 0.1) is 19.7 Å². The zero-order chi connectivity index (χ0) is 19.8. The number of hydrogen-bond donors (Lipinski definition) is 1. The van der Waals surface area contributed by atoms with Gasteiger partial charge in [0, 0.05) is 6.54 Å². The molecule has 0 bridgehead atoms. The summed E-state index contributed by atoms with van der Waals surface area (Å²) in [4.78, 5) is 0.0175. The minimum atomic E-state index is -4.03. The van der Waals surface area contributed by atoms with Gasteiger partial charge in [0.2, 0.25) is 10.0 Å². The van der Waals surface area contributed by atoms with Crippen molar-refractivity contribution in [1.82, 2.24) is 0 Å². The van der Waals surface area contributed by atoms with Crippen LogP contribution in [-0.2, 0) is 20.0 Å². The minimum Gasteiger partial charge on any atom is -0.277 e. The summed E-state index contributed by atoms with van der Waals surface area (Å²) in [6.45, 7) is 3.58. The second-order valence-corrected chi connectivity index (χ2v) is 10.2. The third kappa shape index (κ3) is 3.93. The number of para-hydroxylation sites is 1. The Balaban J connectivity index is 2.01. The molecular formula is C18H21FN2O4S2. The van der Waals surface area contributed by atoms with Gasteiger partial charge in [0.15, 0.2) is 0 Å². The first-order valence-electron chi connectivity index (χ1n) is 8.51. The van der Waals surface area contributed by atoms with Crippen molar-refractivity contribution in [3.8, 4) is 0 Å². The molecular weight excluding hydrogens is 391 g/mol. The van der Waals surface area contributed by atoms with Gasteiger partial charge in [-0.2, -0.15) is 0 Å². The highest BCUT2D eigenvalue weighted by Crippen LogP contribution is 2.31. The fraction of sp³-hybridized carbons (Fsp3) is 0.333. The van der Waals surface area contributed by atoms with Gasteiger partial charge in [-0.25, -0.2) is 21.2 Å². The standard InChI is InChI=1S/C18H21FN2O4S2/c1-13-11-15(21-9-5-6-10-26(21,22)23)12-14(2)18(13)27(24,25)20-17-8-4-3-7-16(17)19/h3-4,7-8,11-12,20H,5-6,9-10H2,1-2H3. The van der Waals surface area contributed by atoms with Crippen LogP contribution in [0.25, 0.3) is 0 Å². The summed E-state index contributed by atoms with van der Waals surface area (Å²) >= 11 is 0. The smallest absolute Gasteiger partial charge is 0.262 e. The van der Waals surface area contributed by atoms with Crippen molar-refractivity contribution < 1.29 is 21.2 Å². The van der Waals surface area contributed by atoms with Gasteiger partial charge in [0.1, 0.15) is 5.82 Å². The van der Waals surface area contributed by atoms with Crippen molar-refractivity contribution in [2.24, 2.45) is 0 Å². The molecule has 0 atom stereocenters. The average Bonchev–Trinajstić information content (AvgIpc) is 2.55. The molecule has 2 aromatic rings. The normalized spacial score (nSPS) is 16.9. The molecule has 1 heterocycles. The van der Waals surface area contributed by atoms with Crippen molar-refractivity contribution in [2.45, 2.75) is 31.6 Å². The Hall–Kier alpha value is -2.13. The van der Waals surface area contributed by atoms with E-state index in [4.69, 9.17) is 0 Å². The zero-order valence-corrected chi connectivity index (χ0v) is 16.7. The predicted molar refractivity (Wildman–Crippen MR) is 103 cm³/mol. The number of rotatable bonds is 4. The number of nitrogens with zero attached hydrogens (tertiary/aromatic N) is 1. The molecule has 0 radical (unpaired) electrons. The number of benzene rings is 2. The molecule has 1 N–H and O–H groups in total. The fourth-order valence-corrected chi connectivity index (χ4v) is 6.46. The van der Waals surface area contributed by atoms with Crippen LogP contribution in [0.2, 0.25) is 0 Å². The maximum absolute atomic E-state index is 13.8. The molecule has 0 amide bonds. The Morgan fingerprint density at radius 1 is 1.07 bits per heavy atom. The summed E-state index contributed by atoms with van der Waals surface area (Å²) < 4.78 is 67.7. The SMILES string of the molecule is Cc1cc(N2CCCCS2(=O)=O)cc(C)c1S(=O)(=O)Nc1ccccc1F. The predicted octanol–water partition coefficient (Wildman–Crippen LogP) is 3.17. The van der Waals surface area contributed by atoms with E-state index in [1.807, 2.05) is 0 Å². The van der Waals surface area contributed by atoms with Crippen molar-refractivity contribution in [2.75, 3.05) is 21.3 Å². The molecule has 0 spiro atoms. The van der Waals surface area contributed by atoms with Crippen LogP contribution in [0.3, 0.4) is 0 Å². The molecule has 0 saturated carbocycles.